The van der Waals surface area contributed by atoms with Gasteiger partial charge in [0.25, 0.3) is 0 Å². The van der Waals surface area contributed by atoms with Crippen LogP contribution in [0.1, 0.15) is 13.3 Å². The molecule has 1 fully saturated rings. The van der Waals surface area contributed by atoms with Gasteiger partial charge in [-0.3, -0.25) is 14.5 Å². The first-order chi connectivity index (χ1) is 12.5. The van der Waals surface area contributed by atoms with Crippen LogP contribution in [-0.2, 0) is 9.59 Å². The molecule has 2 amide bonds. The van der Waals surface area contributed by atoms with Gasteiger partial charge in [0.05, 0.1) is 17.5 Å². The lowest BCUT2D eigenvalue weighted by atomic mass is 9.78. The highest BCUT2D eigenvalue weighted by Crippen LogP contribution is 2.40. The molecule has 4 rings (SSSR count). The third-order valence-corrected chi connectivity index (χ3v) is 5.27. The van der Waals surface area contributed by atoms with Crippen LogP contribution in [0.3, 0.4) is 0 Å². The number of ether oxygens (including phenoxy) is 1. The van der Waals surface area contributed by atoms with E-state index in [2.05, 4.69) is 0 Å². The van der Waals surface area contributed by atoms with Gasteiger partial charge in [-0.25, -0.2) is 0 Å². The molecule has 0 unspecified atom stereocenters. The van der Waals surface area contributed by atoms with E-state index in [1.807, 2.05) is 19.1 Å². The number of carbonyl (C=O) groups excluding carboxylic acids is 2. The van der Waals surface area contributed by atoms with E-state index in [-0.39, 0.29) is 29.6 Å². The second-order valence-corrected chi connectivity index (χ2v) is 7.15. The zero-order chi connectivity index (χ0) is 18.3. The Morgan fingerprint density at radius 3 is 2.19 bits per heavy atom. The van der Waals surface area contributed by atoms with E-state index in [0.717, 1.165) is 0 Å². The average Bonchev–Trinajstić information content (AvgIpc) is 2.90. The number of hydrogen-bond acceptors (Lipinski definition) is 3. The number of carbonyl (C=O) groups is 2. The predicted molar refractivity (Wildman–Crippen MR) is 100 cm³/mol. The van der Waals surface area contributed by atoms with Crippen molar-refractivity contribution in [1.29, 1.82) is 0 Å². The topological polar surface area (TPSA) is 46.6 Å². The van der Waals surface area contributed by atoms with E-state index in [1.165, 1.54) is 4.90 Å². The van der Waals surface area contributed by atoms with Gasteiger partial charge in [0.15, 0.2) is 0 Å². The Balaban J connectivity index is 1.54. The van der Waals surface area contributed by atoms with Crippen LogP contribution < -0.4 is 9.64 Å². The molecule has 2 aromatic rings. The zero-order valence-electron chi connectivity index (χ0n) is 14.3. The van der Waals surface area contributed by atoms with Gasteiger partial charge >= 0.3 is 0 Å². The predicted octanol–water partition coefficient (Wildman–Crippen LogP) is 4.83. The number of halogens is 1. The fraction of sp³-hybridized carbons (Fsp3) is 0.238. The molecule has 3 atom stereocenters. The number of allylic oxidation sites excluding steroid dienone is 2. The lowest BCUT2D eigenvalue weighted by Gasteiger charge is -2.22. The third kappa shape index (κ3) is 2.90. The minimum atomic E-state index is -0.252. The van der Waals surface area contributed by atoms with Crippen molar-refractivity contribution in [3.63, 3.8) is 0 Å². The molecule has 0 radical (unpaired) electrons. The molecule has 1 heterocycles. The van der Waals surface area contributed by atoms with Crippen LogP contribution in [0.25, 0.3) is 0 Å². The van der Waals surface area contributed by atoms with Crippen LogP contribution in [-0.4, -0.2) is 11.8 Å². The average molecular weight is 368 g/mol. The molecule has 5 heteroatoms. The largest absolute Gasteiger partial charge is 0.457 e. The lowest BCUT2D eigenvalue weighted by Crippen LogP contribution is -2.31. The number of amides is 2. The summed E-state index contributed by atoms with van der Waals surface area (Å²) >= 11 is 5.87. The summed E-state index contributed by atoms with van der Waals surface area (Å²) in [6.07, 6.45) is 4.66. The Morgan fingerprint density at radius 2 is 1.58 bits per heavy atom. The highest BCUT2D eigenvalue weighted by atomic mass is 35.5. The SMILES string of the molecule is C[C@@H]1C=CC[C@H]2C(=O)N(c3ccc(Oc4ccc(Cl)cc4)cc3)C(=O)[C@H]12. The minimum absolute atomic E-state index is 0.0858. The number of benzene rings is 2. The van der Waals surface area contributed by atoms with E-state index in [9.17, 15) is 9.59 Å². The Kier molecular flexibility index (Phi) is 4.29. The second-order valence-electron chi connectivity index (χ2n) is 6.72. The van der Waals surface area contributed by atoms with E-state index < -0.39 is 0 Å². The van der Waals surface area contributed by atoms with E-state index in [1.54, 1.807) is 48.5 Å². The van der Waals surface area contributed by atoms with Crippen molar-refractivity contribution in [1.82, 2.24) is 0 Å². The Morgan fingerprint density at radius 1 is 0.962 bits per heavy atom. The van der Waals surface area contributed by atoms with Gasteiger partial charge in [0.2, 0.25) is 11.8 Å². The van der Waals surface area contributed by atoms with Crippen LogP contribution >= 0.6 is 11.6 Å². The number of rotatable bonds is 3. The smallest absolute Gasteiger partial charge is 0.238 e. The molecule has 1 aliphatic heterocycles. The molecule has 0 aromatic heterocycles. The molecule has 132 valence electrons. The molecule has 2 aromatic carbocycles. The van der Waals surface area contributed by atoms with Crippen molar-refractivity contribution in [3.8, 4) is 11.5 Å². The molecule has 0 bridgehead atoms. The molecule has 4 nitrogen and oxygen atoms in total. The zero-order valence-corrected chi connectivity index (χ0v) is 15.0. The van der Waals surface area contributed by atoms with Gasteiger partial charge in [-0.15, -0.1) is 0 Å². The Labute approximate surface area is 157 Å². The maximum Gasteiger partial charge on any atom is 0.238 e. The summed E-state index contributed by atoms with van der Waals surface area (Å²) in [4.78, 5) is 26.9. The molecule has 0 N–H and O–H groups in total. The molecule has 0 spiro atoms. The maximum absolute atomic E-state index is 12.8. The van der Waals surface area contributed by atoms with Crippen molar-refractivity contribution in [2.24, 2.45) is 17.8 Å². The molecule has 26 heavy (non-hydrogen) atoms. The molecule has 0 saturated carbocycles. The Bertz CT molecular complexity index is 873. The third-order valence-electron chi connectivity index (χ3n) is 5.02. The molecule has 1 aliphatic carbocycles. The first kappa shape index (κ1) is 16.9. The monoisotopic (exact) mass is 367 g/mol. The normalized spacial score (nSPS) is 24.7. The summed E-state index contributed by atoms with van der Waals surface area (Å²) in [5.41, 5.74) is 0.588. The summed E-state index contributed by atoms with van der Waals surface area (Å²) in [6.45, 7) is 1.99. The second kappa shape index (κ2) is 6.61. The van der Waals surface area contributed by atoms with Crippen LogP contribution in [0.5, 0.6) is 11.5 Å². The highest BCUT2D eigenvalue weighted by Gasteiger charge is 2.50. The number of imide groups is 1. The lowest BCUT2D eigenvalue weighted by molar-refractivity contribution is -0.122. The van der Waals surface area contributed by atoms with Crippen molar-refractivity contribution < 1.29 is 14.3 Å². The van der Waals surface area contributed by atoms with Crippen molar-refractivity contribution in [2.45, 2.75) is 13.3 Å². The van der Waals surface area contributed by atoms with Gasteiger partial charge in [-0.2, -0.15) is 0 Å². The number of anilines is 1. The maximum atomic E-state index is 12.8. The molecular formula is C21H18ClNO3. The summed E-state index contributed by atoms with van der Waals surface area (Å²) in [6, 6.07) is 14.1. The standard InChI is InChI=1S/C21H18ClNO3/c1-13-3-2-4-18-19(13)21(25)23(20(18)24)15-7-11-17(12-8-15)26-16-9-5-14(22)6-10-16/h2-3,5-13,18-19H,4H2,1H3/t13-,18-,19-/m1/s1. The van der Waals surface area contributed by atoms with Gasteiger partial charge in [0, 0.05) is 5.02 Å². The van der Waals surface area contributed by atoms with E-state index in [0.29, 0.717) is 28.6 Å². The van der Waals surface area contributed by atoms with E-state index in [4.69, 9.17) is 16.3 Å². The fourth-order valence-electron chi connectivity index (χ4n) is 3.70. The number of hydrogen-bond donors (Lipinski definition) is 0. The highest BCUT2D eigenvalue weighted by molar-refractivity contribution is 6.30. The molecular weight excluding hydrogens is 350 g/mol. The quantitative estimate of drug-likeness (QED) is 0.576. The van der Waals surface area contributed by atoms with Gasteiger partial charge < -0.3 is 4.74 Å². The first-order valence-corrected chi connectivity index (χ1v) is 9.00. The van der Waals surface area contributed by atoms with Crippen molar-refractivity contribution in [2.75, 3.05) is 4.90 Å². The van der Waals surface area contributed by atoms with Gasteiger partial charge in [0.1, 0.15) is 11.5 Å². The number of fused-ring (bicyclic) bond motifs is 1. The molecule has 1 saturated heterocycles. The van der Waals surface area contributed by atoms with Crippen LogP contribution in [0.2, 0.25) is 5.02 Å². The first-order valence-electron chi connectivity index (χ1n) is 8.62. The minimum Gasteiger partial charge on any atom is -0.457 e. The van der Waals surface area contributed by atoms with Gasteiger partial charge in [-0.1, -0.05) is 30.7 Å². The van der Waals surface area contributed by atoms with Crippen molar-refractivity contribution in [3.05, 3.63) is 65.7 Å². The van der Waals surface area contributed by atoms with Crippen LogP contribution in [0.4, 0.5) is 5.69 Å². The van der Waals surface area contributed by atoms with Crippen LogP contribution in [0.15, 0.2) is 60.7 Å². The van der Waals surface area contributed by atoms with Gasteiger partial charge in [-0.05, 0) is 60.9 Å². The summed E-state index contributed by atoms with van der Waals surface area (Å²) in [5, 5.41) is 0.643. The van der Waals surface area contributed by atoms with Crippen molar-refractivity contribution >= 4 is 29.1 Å². The fourth-order valence-corrected chi connectivity index (χ4v) is 3.83. The Hall–Kier alpha value is -2.59. The van der Waals surface area contributed by atoms with E-state index >= 15 is 0 Å². The summed E-state index contributed by atoms with van der Waals surface area (Å²) < 4.78 is 5.76. The number of nitrogens with zero attached hydrogens (tertiary/aromatic N) is 1. The molecule has 2 aliphatic rings. The van der Waals surface area contributed by atoms with Crippen LogP contribution in [0, 0.1) is 17.8 Å². The summed E-state index contributed by atoms with van der Waals surface area (Å²) in [5.74, 6) is 0.669. The summed E-state index contributed by atoms with van der Waals surface area (Å²) in [7, 11) is 0.